The number of carbonyl (C=O) groups is 1. The standard InChI is InChI=1S/C16H19N3O3/c1-3-4-14-17-19(16(21)22-14)13-9-10-18(15(13)20)12-7-5-11(2)6-8-12/h5-8,13H,3-4,9-10H2,1-2H3/t13-/m0/s1. The van der Waals surface area contributed by atoms with Gasteiger partial charge in [0, 0.05) is 18.7 Å². The first-order valence-corrected chi connectivity index (χ1v) is 7.56. The molecular formula is C16H19N3O3. The van der Waals surface area contributed by atoms with Crippen LogP contribution < -0.4 is 10.7 Å². The second-order valence-corrected chi connectivity index (χ2v) is 5.59. The van der Waals surface area contributed by atoms with Crippen LogP contribution in [-0.2, 0) is 11.2 Å². The first-order chi connectivity index (χ1) is 10.6. The molecule has 1 atom stereocenters. The lowest BCUT2D eigenvalue weighted by atomic mass is 10.2. The molecule has 22 heavy (non-hydrogen) atoms. The zero-order chi connectivity index (χ0) is 15.7. The molecule has 0 aliphatic carbocycles. The van der Waals surface area contributed by atoms with Crippen molar-refractivity contribution >= 4 is 11.6 Å². The molecule has 2 aromatic rings. The van der Waals surface area contributed by atoms with Crippen LogP contribution in [0.3, 0.4) is 0 Å². The molecule has 1 aromatic heterocycles. The van der Waals surface area contributed by atoms with E-state index >= 15 is 0 Å². The van der Waals surface area contributed by atoms with Gasteiger partial charge in [-0.05, 0) is 31.9 Å². The third-order valence-electron chi connectivity index (χ3n) is 3.89. The van der Waals surface area contributed by atoms with Crippen LogP contribution in [0.1, 0.15) is 37.3 Å². The summed E-state index contributed by atoms with van der Waals surface area (Å²) in [5.41, 5.74) is 1.99. The molecule has 6 nitrogen and oxygen atoms in total. The molecule has 116 valence electrons. The molecular weight excluding hydrogens is 282 g/mol. The Labute approximate surface area is 128 Å². The average Bonchev–Trinajstić information content (AvgIpc) is 3.03. The quantitative estimate of drug-likeness (QED) is 0.867. The van der Waals surface area contributed by atoms with Crippen molar-refractivity contribution in [2.75, 3.05) is 11.4 Å². The van der Waals surface area contributed by atoms with Gasteiger partial charge in [0.1, 0.15) is 6.04 Å². The summed E-state index contributed by atoms with van der Waals surface area (Å²) in [7, 11) is 0. The number of carbonyl (C=O) groups excluding carboxylic acids is 1. The fraction of sp³-hybridized carbons (Fsp3) is 0.438. The van der Waals surface area contributed by atoms with Crippen molar-refractivity contribution in [3.63, 3.8) is 0 Å². The van der Waals surface area contributed by atoms with Gasteiger partial charge in [-0.25, -0.2) is 4.79 Å². The lowest BCUT2D eigenvalue weighted by molar-refractivity contribution is -0.120. The van der Waals surface area contributed by atoms with Gasteiger partial charge in [0.2, 0.25) is 5.89 Å². The van der Waals surface area contributed by atoms with E-state index in [9.17, 15) is 9.59 Å². The molecule has 0 spiro atoms. The van der Waals surface area contributed by atoms with Gasteiger partial charge in [0.15, 0.2) is 0 Å². The van der Waals surface area contributed by atoms with Crippen LogP contribution in [0, 0.1) is 6.92 Å². The number of rotatable bonds is 4. The number of amides is 1. The van der Waals surface area contributed by atoms with E-state index in [1.807, 2.05) is 38.1 Å². The van der Waals surface area contributed by atoms with E-state index in [1.54, 1.807) is 4.90 Å². The molecule has 1 aliphatic rings. The molecule has 2 heterocycles. The van der Waals surface area contributed by atoms with Gasteiger partial charge in [-0.2, -0.15) is 4.68 Å². The van der Waals surface area contributed by atoms with Crippen molar-refractivity contribution < 1.29 is 9.21 Å². The number of aromatic nitrogens is 2. The largest absolute Gasteiger partial charge is 0.437 e. The zero-order valence-corrected chi connectivity index (χ0v) is 12.8. The number of nitrogens with zero attached hydrogens (tertiary/aromatic N) is 3. The lowest BCUT2D eigenvalue weighted by Gasteiger charge is -2.16. The van der Waals surface area contributed by atoms with Crippen LogP contribution >= 0.6 is 0 Å². The van der Waals surface area contributed by atoms with Gasteiger partial charge >= 0.3 is 5.76 Å². The zero-order valence-electron chi connectivity index (χ0n) is 12.8. The van der Waals surface area contributed by atoms with Crippen molar-refractivity contribution in [1.29, 1.82) is 0 Å². The Balaban J connectivity index is 1.84. The monoisotopic (exact) mass is 301 g/mol. The Morgan fingerprint density at radius 3 is 2.68 bits per heavy atom. The maximum absolute atomic E-state index is 12.6. The highest BCUT2D eigenvalue weighted by molar-refractivity contribution is 5.98. The van der Waals surface area contributed by atoms with Crippen LogP contribution in [0.15, 0.2) is 33.5 Å². The maximum atomic E-state index is 12.6. The maximum Gasteiger partial charge on any atom is 0.437 e. The molecule has 3 rings (SSSR count). The predicted molar refractivity (Wildman–Crippen MR) is 81.9 cm³/mol. The molecule has 0 bridgehead atoms. The van der Waals surface area contributed by atoms with Gasteiger partial charge in [-0.15, -0.1) is 5.10 Å². The van der Waals surface area contributed by atoms with Gasteiger partial charge < -0.3 is 9.32 Å². The van der Waals surface area contributed by atoms with E-state index in [0.717, 1.165) is 17.7 Å². The van der Waals surface area contributed by atoms with E-state index in [0.29, 0.717) is 25.3 Å². The van der Waals surface area contributed by atoms with Gasteiger partial charge in [0.25, 0.3) is 5.91 Å². The van der Waals surface area contributed by atoms with Crippen molar-refractivity contribution in [1.82, 2.24) is 9.78 Å². The summed E-state index contributed by atoms with van der Waals surface area (Å²) in [5.74, 6) is -0.260. The number of benzene rings is 1. The lowest BCUT2D eigenvalue weighted by Crippen LogP contribution is -2.31. The molecule has 1 saturated heterocycles. The van der Waals surface area contributed by atoms with E-state index in [1.165, 1.54) is 4.68 Å². The normalized spacial score (nSPS) is 18.2. The molecule has 0 N–H and O–H groups in total. The summed E-state index contributed by atoms with van der Waals surface area (Å²) in [4.78, 5) is 26.2. The van der Waals surface area contributed by atoms with Crippen molar-refractivity contribution in [3.8, 4) is 0 Å². The van der Waals surface area contributed by atoms with Crippen molar-refractivity contribution in [3.05, 3.63) is 46.3 Å². The summed E-state index contributed by atoms with van der Waals surface area (Å²) < 4.78 is 6.29. The molecule has 1 fully saturated rings. The van der Waals surface area contributed by atoms with Crippen LogP contribution in [0.25, 0.3) is 0 Å². The summed E-state index contributed by atoms with van der Waals surface area (Å²) in [5, 5.41) is 4.16. The number of hydrogen-bond donors (Lipinski definition) is 0. The van der Waals surface area contributed by atoms with Gasteiger partial charge in [0.05, 0.1) is 0 Å². The van der Waals surface area contributed by atoms with E-state index in [4.69, 9.17) is 4.42 Å². The van der Waals surface area contributed by atoms with Crippen LogP contribution in [0.4, 0.5) is 5.69 Å². The van der Waals surface area contributed by atoms with E-state index < -0.39 is 11.8 Å². The SMILES string of the molecule is CCCc1nn([C@H]2CCN(c3ccc(C)cc3)C2=O)c(=O)o1. The fourth-order valence-corrected chi connectivity index (χ4v) is 2.71. The number of anilines is 1. The Kier molecular flexibility index (Phi) is 3.83. The predicted octanol–water partition coefficient (Wildman–Crippen LogP) is 2.08. The van der Waals surface area contributed by atoms with Crippen molar-refractivity contribution in [2.45, 2.75) is 39.2 Å². The third-order valence-corrected chi connectivity index (χ3v) is 3.89. The molecule has 1 aliphatic heterocycles. The molecule has 0 saturated carbocycles. The van der Waals surface area contributed by atoms with Crippen LogP contribution in [0.2, 0.25) is 0 Å². The summed E-state index contributed by atoms with van der Waals surface area (Å²) in [6, 6.07) is 7.21. The molecule has 1 aromatic carbocycles. The first-order valence-electron chi connectivity index (χ1n) is 7.56. The molecule has 0 unspecified atom stereocenters. The fourth-order valence-electron chi connectivity index (χ4n) is 2.71. The topological polar surface area (TPSA) is 68.3 Å². The Morgan fingerprint density at radius 2 is 2.00 bits per heavy atom. The van der Waals surface area contributed by atoms with E-state index in [2.05, 4.69) is 5.10 Å². The van der Waals surface area contributed by atoms with Gasteiger partial charge in [-0.1, -0.05) is 24.6 Å². The third kappa shape index (κ3) is 2.56. The molecule has 6 heteroatoms. The average molecular weight is 301 g/mol. The van der Waals surface area contributed by atoms with Crippen LogP contribution in [0.5, 0.6) is 0 Å². The smallest absolute Gasteiger partial charge is 0.392 e. The summed E-state index contributed by atoms with van der Waals surface area (Å²) >= 11 is 0. The van der Waals surface area contributed by atoms with Crippen LogP contribution in [-0.4, -0.2) is 22.2 Å². The number of hydrogen-bond acceptors (Lipinski definition) is 4. The molecule has 1 amide bonds. The first kappa shape index (κ1) is 14.6. The highest BCUT2D eigenvalue weighted by atomic mass is 16.4. The minimum Gasteiger partial charge on any atom is -0.392 e. The Morgan fingerprint density at radius 1 is 1.27 bits per heavy atom. The Hall–Kier alpha value is -2.37. The molecule has 0 radical (unpaired) electrons. The summed E-state index contributed by atoms with van der Waals surface area (Å²) in [6.07, 6.45) is 2.00. The highest BCUT2D eigenvalue weighted by Crippen LogP contribution is 2.27. The number of aryl methyl sites for hydroxylation is 2. The highest BCUT2D eigenvalue weighted by Gasteiger charge is 2.36. The summed E-state index contributed by atoms with van der Waals surface area (Å²) in [6.45, 7) is 4.57. The minimum absolute atomic E-state index is 0.109. The minimum atomic E-state index is -0.567. The van der Waals surface area contributed by atoms with E-state index in [-0.39, 0.29) is 5.91 Å². The second-order valence-electron chi connectivity index (χ2n) is 5.59. The van der Waals surface area contributed by atoms with Gasteiger partial charge in [-0.3, -0.25) is 4.79 Å². The van der Waals surface area contributed by atoms with Crippen molar-refractivity contribution in [2.24, 2.45) is 0 Å². The second kappa shape index (κ2) is 5.79. The Bertz CT molecular complexity index is 730.